The quantitative estimate of drug-likeness (QED) is 0.421. The van der Waals surface area contributed by atoms with E-state index in [9.17, 15) is 4.79 Å². The van der Waals surface area contributed by atoms with Crippen molar-refractivity contribution in [2.75, 3.05) is 13.2 Å². The highest BCUT2D eigenvalue weighted by atomic mass is 16.5. The van der Waals surface area contributed by atoms with E-state index < -0.39 is 5.97 Å². The summed E-state index contributed by atoms with van der Waals surface area (Å²) in [7, 11) is 0. The Morgan fingerprint density at radius 1 is 1.28 bits per heavy atom. The Labute approximate surface area is 108 Å². The molecule has 0 saturated carbocycles. The molecule has 96 valence electrons. The zero-order valence-electron chi connectivity index (χ0n) is 10.6. The lowest BCUT2D eigenvalue weighted by Crippen LogP contribution is -2.06. The molecule has 1 aromatic carbocycles. The van der Waals surface area contributed by atoms with E-state index in [1.807, 2.05) is 31.2 Å². The van der Waals surface area contributed by atoms with Crippen LogP contribution in [0.15, 0.2) is 43.5 Å². The highest BCUT2D eigenvalue weighted by Gasteiger charge is 1.98. The van der Waals surface area contributed by atoms with Crippen LogP contribution in [0.1, 0.15) is 18.9 Å². The average Bonchev–Trinajstić information content (AvgIpc) is 2.38. The van der Waals surface area contributed by atoms with Crippen LogP contribution in [0.4, 0.5) is 0 Å². The van der Waals surface area contributed by atoms with Gasteiger partial charge in [-0.2, -0.15) is 0 Å². The first-order chi connectivity index (χ1) is 8.63. The van der Waals surface area contributed by atoms with Gasteiger partial charge in [-0.1, -0.05) is 30.9 Å². The summed E-state index contributed by atoms with van der Waals surface area (Å²) in [5.41, 5.74) is 2.13. The predicted octanol–water partition coefficient (Wildman–Crippen LogP) is 3.22. The van der Waals surface area contributed by atoms with Crippen LogP contribution >= 0.6 is 0 Å². The Kier molecular flexibility index (Phi) is 5.71. The standard InChI is InChI=1S/C15H18O3/c1-4-15(16)18-11-5-10-17-14-8-6-13(7-9-14)12(2)3/h4,6-9H,1-2,5,10-11H2,3H3. The average molecular weight is 246 g/mol. The van der Waals surface area contributed by atoms with Crippen LogP contribution in [0.3, 0.4) is 0 Å². The van der Waals surface area contributed by atoms with Crippen molar-refractivity contribution in [3.05, 3.63) is 49.1 Å². The molecular weight excluding hydrogens is 228 g/mol. The van der Waals surface area contributed by atoms with Gasteiger partial charge in [0.25, 0.3) is 0 Å². The summed E-state index contributed by atoms with van der Waals surface area (Å²) < 4.78 is 10.3. The second kappa shape index (κ2) is 7.33. The van der Waals surface area contributed by atoms with Crippen molar-refractivity contribution in [2.45, 2.75) is 13.3 Å². The van der Waals surface area contributed by atoms with Crippen molar-refractivity contribution in [1.29, 1.82) is 0 Å². The van der Waals surface area contributed by atoms with Crippen molar-refractivity contribution in [1.82, 2.24) is 0 Å². The van der Waals surface area contributed by atoms with E-state index in [0.29, 0.717) is 19.6 Å². The minimum absolute atomic E-state index is 0.342. The van der Waals surface area contributed by atoms with Gasteiger partial charge in [-0.25, -0.2) is 4.79 Å². The molecule has 0 aliphatic heterocycles. The fourth-order valence-electron chi connectivity index (χ4n) is 1.32. The Morgan fingerprint density at radius 2 is 1.94 bits per heavy atom. The van der Waals surface area contributed by atoms with Gasteiger partial charge in [-0.15, -0.1) is 0 Å². The van der Waals surface area contributed by atoms with Crippen LogP contribution in [0.5, 0.6) is 5.75 Å². The van der Waals surface area contributed by atoms with E-state index >= 15 is 0 Å². The third-order valence-corrected chi connectivity index (χ3v) is 2.32. The molecule has 1 rings (SSSR count). The molecule has 3 heteroatoms. The molecule has 0 saturated heterocycles. The molecule has 0 N–H and O–H groups in total. The lowest BCUT2D eigenvalue weighted by Gasteiger charge is -2.07. The predicted molar refractivity (Wildman–Crippen MR) is 72.4 cm³/mol. The maximum absolute atomic E-state index is 10.8. The molecule has 1 aromatic rings. The highest BCUT2D eigenvalue weighted by molar-refractivity contribution is 5.81. The summed E-state index contributed by atoms with van der Waals surface area (Å²) in [6, 6.07) is 7.74. The molecule has 0 heterocycles. The summed E-state index contributed by atoms with van der Waals surface area (Å²) in [4.78, 5) is 10.8. The van der Waals surface area contributed by atoms with Crippen molar-refractivity contribution >= 4 is 11.5 Å². The minimum atomic E-state index is -0.402. The van der Waals surface area contributed by atoms with Gasteiger partial charge in [0.15, 0.2) is 0 Å². The number of ether oxygens (including phenoxy) is 2. The number of esters is 1. The monoisotopic (exact) mass is 246 g/mol. The first kappa shape index (κ1) is 14.0. The van der Waals surface area contributed by atoms with E-state index in [1.165, 1.54) is 0 Å². The van der Waals surface area contributed by atoms with Crippen LogP contribution in [0.2, 0.25) is 0 Å². The lowest BCUT2D eigenvalue weighted by molar-refractivity contribution is -0.137. The number of benzene rings is 1. The van der Waals surface area contributed by atoms with Crippen molar-refractivity contribution < 1.29 is 14.3 Å². The Hall–Kier alpha value is -2.03. The highest BCUT2D eigenvalue weighted by Crippen LogP contribution is 2.17. The van der Waals surface area contributed by atoms with Gasteiger partial charge in [-0.3, -0.25) is 0 Å². The third kappa shape index (κ3) is 4.87. The number of hydrogen-bond donors (Lipinski definition) is 0. The second-order valence-electron chi connectivity index (χ2n) is 3.88. The molecule has 0 fully saturated rings. The second-order valence-corrected chi connectivity index (χ2v) is 3.88. The molecule has 0 spiro atoms. The number of carbonyl (C=O) groups excluding carboxylic acids is 1. The van der Waals surface area contributed by atoms with Gasteiger partial charge in [0.1, 0.15) is 5.75 Å². The Morgan fingerprint density at radius 3 is 2.50 bits per heavy atom. The van der Waals surface area contributed by atoms with Crippen molar-refractivity contribution in [2.24, 2.45) is 0 Å². The van der Waals surface area contributed by atoms with Gasteiger partial charge in [-0.05, 0) is 24.6 Å². The van der Waals surface area contributed by atoms with Crippen molar-refractivity contribution in [3.8, 4) is 5.75 Å². The van der Waals surface area contributed by atoms with E-state index in [4.69, 9.17) is 9.47 Å². The minimum Gasteiger partial charge on any atom is -0.493 e. The van der Waals surface area contributed by atoms with Crippen LogP contribution in [-0.2, 0) is 9.53 Å². The lowest BCUT2D eigenvalue weighted by atomic mass is 10.1. The Bertz CT molecular complexity index is 418. The molecule has 0 aliphatic carbocycles. The van der Waals surface area contributed by atoms with E-state index in [-0.39, 0.29) is 0 Å². The molecule has 0 atom stereocenters. The molecule has 0 aromatic heterocycles. The molecule has 0 radical (unpaired) electrons. The normalized spacial score (nSPS) is 9.61. The van der Waals surface area contributed by atoms with Crippen LogP contribution in [0.25, 0.3) is 5.57 Å². The van der Waals surface area contributed by atoms with Gasteiger partial charge >= 0.3 is 5.97 Å². The summed E-state index contributed by atoms with van der Waals surface area (Å²) in [6.07, 6.45) is 1.80. The number of allylic oxidation sites excluding steroid dienone is 1. The van der Waals surface area contributed by atoms with E-state index in [2.05, 4.69) is 13.2 Å². The summed E-state index contributed by atoms with van der Waals surface area (Å²) in [6.45, 7) is 10.0. The number of rotatable bonds is 7. The summed E-state index contributed by atoms with van der Waals surface area (Å²) >= 11 is 0. The molecule has 3 nitrogen and oxygen atoms in total. The van der Waals surface area contributed by atoms with E-state index in [0.717, 1.165) is 23.0 Å². The summed E-state index contributed by atoms with van der Waals surface area (Å²) in [5.74, 6) is 0.399. The molecule has 0 aliphatic rings. The molecule has 18 heavy (non-hydrogen) atoms. The maximum Gasteiger partial charge on any atom is 0.330 e. The first-order valence-corrected chi connectivity index (χ1v) is 5.81. The van der Waals surface area contributed by atoms with Gasteiger partial charge in [0.05, 0.1) is 13.2 Å². The third-order valence-electron chi connectivity index (χ3n) is 2.32. The summed E-state index contributed by atoms with van der Waals surface area (Å²) in [5, 5.41) is 0. The first-order valence-electron chi connectivity index (χ1n) is 5.81. The Balaban J connectivity index is 2.25. The van der Waals surface area contributed by atoms with Crippen LogP contribution in [-0.4, -0.2) is 19.2 Å². The zero-order valence-corrected chi connectivity index (χ0v) is 10.6. The van der Waals surface area contributed by atoms with Gasteiger partial charge < -0.3 is 9.47 Å². The van der Waals surface area contributed by atoms with Crippen LogP contribution in [0, 0.1) is 0 Å². The molecule has 0 bridgehead atoms. The maximum atomic E-state index is 10.8. The fraction of sp³-hybridized carbons (Fsp3) is 0.267. The smallest absolute Gasteiger partial charge is 0.330 e. The van der Waals surface area contributed by atoms with E-state index in [1.54, 1.807) is 0 Å². The fourth-order valence-corrected chi connectivity index (χ4v) is 1.32. The largest absolute Gasteiger partial charge is 0.493 e. The molecular formula is C15H18O3. The van der Waals surface area contributed by atoms with Crippen molar-refractivity contribution in [3.63, 3.8) is 0 Å². The SMILES string of the molecule is C=CC(=O)OCCCOc1ccc(C(=C)C)cc1. The zero-order chi connectivity index (χ0) is 13.4. The number of carbonyl (C=O) groups is 1. The molecule has 0 unspecified atom stereocenters. The van der Waals surface area contributed by atoms with Crippen LogP contribution < -0.4 is 4.74 Å². The topological polar surface area (TPSA) is 35.5 Å². The molecule has 0 amide bonds. The van der Waals surface area contributed by atoms with Gasteiger partial charge in [0, 0.05) is 12.5 Å². The number of hydrogen-bond acceptors (Lipinski definition) is 3. The van der Waals surface area contributed by atoms with Gasteiger partial charge in [0.2, 0.25) is 0 Å².